The predicted molar refractivity (Wildman–Crippen MR) is 89.6 cm³/mol. The molecule has 1 amide bonds. The third kappa shape index (κ3) is 4.33. The predicted octanol–water partition coefficient (Wildman–Crippen LogP) is 3.13. The van der Waals surface area contributed by atoms with Crippen LogP contribution in [-0.4, -0.2) is 30.4 Å². The molecule has 1 N–H and O–H groups in total. The van der Waals surface area contributed by atoms with E-state index >= 15 is 0 Å². The summed E-state index contributed by atoms with van der Waals surface area (Å²) in [5, 5.41) is 3.10. The van der Waals surface area contributed by atoms with Gasteiger partial charge in [-0.3, -0.25) is 9.69 Å². The van der Waals surface area contributed by atoms with E-state index in [2.05, 4.69) is 34.5 Å². The van der Waals surface area contributed by atoms with Crippen LogP contribution in [0.4, 0.5) is 0 Å². The van der Waals surface area contributed by atoms with Gasteiger partial charge in [0.1, 0.15) is 0 Å². The summed E-state index contributed by atoms with van der Waals surface area (Å²) in [5.74, 6) is 1.05. The molecule has 1 saturated carbocycles. The lowest BCUT2D eigenvalue weighted by Crippen LogP contribution is -2.37. The molecule has 3 heteroatoms. The Kier molecular flexibility index (Phi) is 5.49. The zero-order valence-corrected chi connectivity index (χ0v) is 13.5. The smallest absolute Gasteiger partial charge is 0.220 e. The fraction of sp³-hybridized carbons (Fsp3) is 0.632. The topological polar surface area (TPSA) is 32.3 Å². The SMILES string of the molecule is O=C(CCC1CCCC1)NCCN1CCc2ccccc2C1. The number of hydrogen-bond donors (Lipinski definition) is 1. The number of nitrogens with one attached hydrogen (secondary N) is 1. The molecular weight excluding hydrogens is 272 g/mol. The molecule has 1 aliphatic carbocycles. The highest BCUT2D eigenvalue weighted by Gasteiger charge is 2.17. The van der Waals surface area contributed by atoms with E-state index in [1.54, 1.807) is 0 Å². The van der Waals surface area contributed by atoms with Crippen LogP contribution in [0.15, 0.2) is 24.3 Å². The Balaban J connectivity index is 1.32. The second kappa shape index (κ2) is 7.77. The summed E-state index contributed by atoms with van der Waals surface area (Å²) in [4.78, 5) is 14.4. The molecule has 1 aromatic carbocycles. The van der Waals surface area contributed by atoms with E-state index in [0.717, 1.165) is 44.9 Å². The van der Waals surface area contributed by atoms with Crippen LogP contribution in [0.5, 0.6) is 0 Å². The van der Waals surface area contributed by atoms with Crippen LogP contribution in [0.25, 0.3) is 0 Å². The molecule has 1 aliphatic heterocycles. The lowest BCUT2D eigenvalue weighted by atomic mass is 10.00. The Morgan fingerprint density at radius 1 is 1.18 bits per heavy atom. The molecule has 2 aliphatic rings. The fourth-order valence-electron chi connectivity index (χ4n) is 3.82. The monoisotopic (exact) mass is 300 g/mol. The summed E-state index contributed by atoms with van der Waals surface area (Å²) in [6.45, 7) is 3.87. The maximum absolute atomic E-state index is 11.9. The van der Waals surface area contributed by atoms with Gasteiger partial charge in [0.2, 0.25) is 5.91 Å². The van der Waals surface area contributed by atoms with Crippen molar-refractivity contribution in [2.45, 2.75) is 51.5 Å². The van der Waals surface area contributed by atoms with Gasteiger partial charge in [-0.05, 0) is 29.9 Å². The summed E-state index contributed by atoms with van der Waals surface area (Å²) >= 11 is 0. The Labute approximate surface area is 134 Å². The number of rotatable bonds is 6. The molecule has 0 spiro atoms. The van der Waals surface area contributed by atoms with Gasteiger partial charge in [0, 0.05) is 32.6 Å². The van der Waals surface area contributed by atoms with Crippen molar-refractivity contribution in [2.75, 3.05) is 19.6 Å². The normalized spacial score (nSPS) is 19.1. The number of carbonyl (C=O) groups excluding carboxylic acids is 1. The number of benzene rings is 1. The molecule has 0 bridgehead atoms. The quantitative estimate of drug-likeness (QED) is 0.875. The molecule has 0 saturated heterocycles. The third-order valence-electron chi connectivity index (χ3n) is 5.21. The maximum atomic E-state index is 11.9. The summed E-state index contributed by atoms with van der Waals surface area (Å²) in [7, 11) is 0. The minimum Gasteiger partial charge on any atom is -0.355 e. The van der Waals surface area contributed by atoms with Crippen molar-refractivity contribution in [3.8, 4) is 0 Å². The number of fused-ring (bicyclic) bond motifs is 1. The van der Waals surface area contributed by atoms with Crippen molar-refractivity contribution >= 4 is 5.91 Å². The van der Waals surface area contributed by atoms with Gasteiger partial charge >= 0.3 is 0 Å². The number of amides is 1. The first kappa shape index (κ1) is 15.5. The zero-order chi connectivity index (χ0) is 15.2. The average Bonchev–Trinajstić information content (AvgIpc) is 3.06. The minimum absolute atomic E-state index is 0.240. The Morgan fingerprint density at radius 3 is 2.77 bits per heavy atom. The molecule has 1 heterocycles. The largest absolute Gasteiger partial charge is 0.355 e. The Hall–Kier alpha value is -1.35. The minimum atomic E-state index is 0.240. The molecule has 0 aromatic heterocycles. The van der Waals surface area contributed by atoms with Crippen molar-refractivity contribution in [1.82, 2.24) is 10.2 Å². The van der Waals surface area contributed by atoms with Crippen LogP contribution in [0.3, 0.4) is 0 Å². The molecule has 22 heavy (non-hydrogen) atoms. The highest BCUT2D eigenvalue weighted by Crippen LogP contribution is 2.28. The van der Waals surface area contributed by atoms with Gasteiger partial charge < -0.3 is 5.32 Å². The summed E-state index contributed by atoms with van der Waals surface area (Å²) in [5.41, 5.74) is 2.93. The van der Waals surface area contributed by atoms with Crippen LogP contribution < -0.4 is 5.32 Å². The highest BCUT2D eigenvalue weighted by molar-refractivity contribution is 5.75. The summed E-state index contributed by atoms with van der Waals surface area (Å²) < 4.78 is 0. The van der Waals surface area contributed by atoms with E-state index in [4.69, 9.17) is 0 Å². The number of carbonyl (C=O) groups is 1. The second-order valence-electron chi connectivity index (χ2n) is 6.83. The molecule has 0 unspecified atom stereocenters. The maximum Gasteiger partial charge on any atom is 0.220 e. The van der Waals surface area contributed by atoms with Gasteiger partial charge in [0.25, 0.3) is 0 Å². The van der Waals surface area contributed by atoms with Gasteiger partial charge in [-0.25, -0.2) is 0 Å². The van der Waals surface area contributed by atoms with E-state index in [-0.39, 0.29) is 5.91 Å². The molecule has 0 atom stereocenters. The lowest BCUT2D eigenvalue weighted by molar-refractivity contribution is -0.121. The van der Waals surface area contributed by atoms with E-state index in [0.29, 0.717) is 6.42 Å². The number of hydrogen-bond acceptors (Lipinski definition) is 2. The van der Waals surface area contributed by atoms with Crippen molar-refractivity contribution in [3.05, 3.63) is 35.4 Å². The average molecular weight is 300 g/mol. The summed E-state index contributed by atoms with van der Waals surface area (Å²) in [6.07, 6.45) is 8.33. The van der Waals surface area contributed by atoms with Gasteiger partial charge in [0.05, 0.1) is 0 Å². The van der Waals surface area contributed by atoms with Crippen LogP contribution in [-0.2, 0) is 17.8 Å². The van der Waals surface area contributed by atoms with Crippen LogP contribution in [0.2, 0.25) is 0 Å². The first-order valence-electron chi connectivity index (χ1n) is 8.87. The van der Waals surface area contributed by atoms with Gasteiger partial charge in [-0.15, -0.1) is 0 Å². The highest BCUT2D eigenvalue weighted by atomic mass is 16.1. The molecular formula is C19H28N2O. The Morgan fingerprint density at radius 2 is 1.95 bits per heavy atom. The Bertz CT molecular complexity index is 494. The standard InChI is InChI=1S/C19H28N2O/c22-19(10-9-16-5-1-2-6-16)20-12-14-21-13-11-17-7-3-4-8-18(17)15-21/h3-4,7-8,16H,1-2,5-6,9-15H2,(H,20,22). The van der Waals surface area contributed by atoms with Crippen molar-refractivity contribution < 1.29 is 4.79 Å². The van der Waals surface area contributed by atoms with Crippen LogP contribution in [0.1, 0.15) is 49.7 Å². The molecule has 120 valence electrons. The van der Waals surface area contributed by atoms with Crippen molar-refractivity contribution in [2.24, 2.45) is 5.92 Å². The first-order valence-corrected chi connectivity index (χ1v) is 8.87. The lowest BCUT2D eigenvalue weighted by Gasteiger charge is -2.28. The first-order chi connectivity index (χ1) is 10.8. The van der Waals surface area contributed by atoms with Gasteiger partial charge in [-0.2, -0.15) is 0 Å². The molecule has 0 radical (unpaired) electrons. The van der Waals surface area contributed by atoms with Crippen molar-refractivity contribution in [3.63, 3.8) is 0 Å². The number of nitrogens with zero attached hydrogens (tertiary/aromatic N) is 1. The van der Waals surface area contributed by atoms with E-state index < -0.39 is 0 Å². The van der Waals surface area contributed by atoms with E-state index in [1.165, 1.54) is 36.8 Å². The molecule has 1 aromatic rings. The summed E-state index contributed by atoms with van der Waals surface area (Å²) in [6, 6.07) is 8.70. The van der Waals surface area contributed by atoms with Crippen LogP contribution >= 0.6 is 0 Å². The van der Waals surface area contributed by atoms with Gasteiger partial charge in [0.15, 0.2) is 0 Å². The van der Waals surface area contributed by atoms with Crippen molar-refractivity contribution in [1.29, 1.82) is 0 Å². The third-order valence-corrected chi connectivity index (χ3v) is 5.21. The fourth-order valence-corrected chi connectivity index (χ4v) is 3.82. The molecule has 3 nitrogen and oxygen atoms in total. The van der Waals surface area contributed by atoms with Crippen LogP contribution in [0, 0.1) is 5.92 Å². The molecule has 1 fully saturated rings. The second-order valence-corrected chi connectivity index (χ2v) is 6.83. The zero-order valence-electron chi connectivity index (χ0n) is 13.5. The van der Waals surface area contributed by atoms with Gasteiger partial charge in [-0.1, -0.05) is 49.9 Å². The molecule has 3 rings (SSSR count). The van der Waals surface area contributed by atoms with E-state index in [1.807, 2.05) is 0 Å². The van der Waals surface area contributed by atoms with E-state index in [9.17, 15) is 4.79 Å².